The van der Waals surface area contributed by atoms with Crippen molar-refractivity contribution in [2.24, 2.45) is 0 Å². The number of ether oxygens (including phenoxy) is 3. The summed E-state index contributed by atoms with van der Waals surface area (Å²) < 4.78 is 15.8. The average Bonchev–Trinajstić information content (AvgIpc) is 2.52. The van der Waals surface area contributed by atoms with Crippen LogP contribution in [0.15, 0.2) is 42.5 Å². The molecule has 3 nitrogen and oxygen atoms in total. The highest BCUT2D eigenvalue weighted by atomic mass is 16.5. The predicted octanol–water partition coefficient (Wildman–Crippen LogP) is 3.50. The Morgan fingerprint density at radius 3 is 1.80 bits per heavy atom. The van der Waals surface area contributed by atoms with Crippen LogP contribution in [0.2, 0.25) is 0 Å². The van der Waals surface area contributed by atoms with Gasteiger partial charge in [0.1, 0.15) is 17.2 Å². The van der Waals surface area contributed by atoms with E-state index in [0.717, 1.165) is 30.1 Å². The molecule has 0 heterocycles. The van der Waals surface area contributed by atoms with E-state index in [1.807, 2.05) is 30.3 Å². The van der Waals surface area contributed by atoms with Crippen molar-refractivity contribution in [1.82, 2.24) is 0 Å². The molecule has 0 aromatic heterocycles. The summed E-state index contributed by atoms with van der Waals surface area (Å²) in [5.41, 5.74) is 2.45. The Morgan fingerprint density at radius 2 is 1.20 bits per heavy atom. The van der Waals surface area contributed by atoms with E-state index in [1.54, 1.807) is 21.3 Å². The zero-order chi connectivity index (χ0) is 14.4. The van der Waals surface area contributed by atoms with Gasteiger partial charge in [0.05, 0.1) is 21.3 Å². The molecule has 0 aliphatic heterocycles. The molecule has 0 unspecified atom stereocenters. The molecular weight excluding hydrogens is 252 g/mol. The van der Waals surface area contributed by atoms with Gasteiger partial charge in [-0.25, -0.2) is 0 Å². The number of rotatable bonds is 6. The predicted molar refractivity (Wildman–Crippen MR) is 79.9 cm³/mol. The van der Waals surface area contributed by atoms with Crippen molar-refractivity contribution >= 4 is 0 Å². The van der Waals surface area contributed by atoms with Gasteiger partial charge < -0.3 is 14.2 Å². The van der Waals surface area contributed by atoms with E-state index in [1.165, 1.54) is 11.1 Å². The van der Waals surface area contributed by atoms with Crippen LogP contribution in [0.25, 0.3) is 0 Å². The number of hydrogen-bond acceptors (Lipinski definition) is 3. The van der Waals surface area contributed by atoms with Gasteiger partial charge in [-0.2, -0.15) is 0 Å². The van der Waals surface area contributed by atoms with Gasteiger partial charge in [-0.3, -0.25) is 0 Å². The minimum atomic E-state index is 0.824. The van der Waals surface area contributed by atoms with Gasteiger partial charge >= 0.3 is 0 Å². The maximum absolute atomic E-state index is 5.29. The van der Waals surface area contributed by atoms with Crippen molar-refractivity contribution < 1.29 is 14.2 Å². The molecule has 0 amide bonds. The van der Waals surface area contributed by atoms with E-state index in [4.69, 9.17) is 14.2 Å². The van der Waals surface area contributed by atoms with Crippen molar-refractivity contribution in [2.75, 3.05) is 21.3 Å². The lowest BCUT2D eigenvalue weighted by atomic mass is 10.0. The summed E-state index contributed by atoms with van der Waals surface area (Å²) in [5.74, 6) is 2.54. The third-order valence-electron chi connectivity index (χ3n) is 3.25. The lowest BCUT2D eigenvalue weighted by Crippen LogP contribution is -1.95. The Bertz CT molecular complexity index is 542. The average molecular weight is 272 g/mol. The molecule has 2 rings (SSSR count). The van der Waals surface area contributed by atoms with Crippen molar-refractivity contribution in [3.63, 3.8) is 0 Å². The van der Waals surface area contributed by atoms with Crippen molar-refractivity contribution in [1.29, 1.82) is 0 Å². The van der Waals surface area contributed by atoms with E-state index < -0.39 is 0 Å². The number of benzene rings is 2. The minimum Gasteiger partial charge on any atom is -0.497 e. The minimum absolute atomic E-state index is 0.824. The first-order valence-electron chi connectivity index (χ1n) is 6.60. The summed E-state index contributed by atoms with van der Waals surface area (Å²) in [6.45, 7) is 0. The van der Waals surface area contributed by atoms with Crippen LogP contribution in [0.4, 0.5) is 0 Å². The Morgan fingerprint density at radius 1 is 0.650 bits per heavy atom. The fourth-order valence-electron chi connectivity index (χ4n) is 2.13. The van der Waals surface area contributed by atoms with E-state index in [-0.39, 0.29) is 0 Å². The van der Waals surface area contributed by atoms with E-state index in [2.05, 4.69) is 12.1 Å². The molecule has 0 fully saturated rings. The molecule has 0 bridgehead atoms. The van der Waals surface area contributed by atoms with Gasteiger partial charge in [0.2, 0.25) is 0 Å². The first kappa shape index (κ1) is 14.3. The van der Waals surface area contributed by atoms with Crippen LogP contribution in [-0.4, -0.2) is 21.3 Å². The monoisotopic (exact) mass is 272 g/mol. The molecule has 3 heteroatoms. The number of hydrogen-bond donors (Lipinski definition) is 0. The van der Waals surface area contributed by atoms with E-state index in [9.17, 15) is 0 Å². The van der Waals surface area contributed by atoms with Crippen LogP contribution in [0.1, 0.15) is 11.1 Å². The first-order valence-corrected chi connectivity index (χ1v) is 6.60. The highest BCUT2D eigenvalue weighted by Gasteiger charge is 2.03. The Hall–Kier alpha value is -2.16. The Kier molecular flexibility index (Phi) is 4.88. The lowest BCUT2D eigenvalue weighted by Gasteiger charge is -2.09. The molecule has 0 aliphatic carbocycles. The largest absolute Gasteiger partial charge is 0.497 e. The summed E-state index contributed by atoms with van der Waals surface area (Å²) in [6, 6.07) is 14.1. The van der Waals surface area contributed by atoms with Crippen molar-refractivity contribution in [3.8, 4) is 17.2 Å². The van der Waals surface area contributed by atoms with Crippen LogP contribution in [0.5, 0.6) is 17.2 Å². The molecule has 106 valence electrons. The maximum Gasteiger partial charge on any atom is 0.122 e. The summed E-state index contributed by atoms with van der Waals surface area (Å²) in [6.07, 6.45) is 1.88. The van der Waals surface area contributed by atoms with Gasteiger partial charge in [0, 0.05) is 6.07 Å². The van der Waals surface area contributed by atoms with Crippen LogP contribution < -0.4 is 14.2 Å². The highest BCUT2D eigenvalue weighted by molar-refractivity contribution is 5.39. The second-order valence-electron chi connectivity index (χ2n) is 4.57. The smallest absolute Gasteiger partial charge is 0.122 e. The number of aryl methyl sites for hydroxylation is 2. The Labute approximate surface area is 120 Å². The molecule has 0 atom stereocenters. The SMILES string of the molecule is COc1cccc(CCc2cc(OC)cc(OC)c2)c1. The third kappa shape index (κ3) is 3.67. The van der Waals surface area contributed by atoms with Gasteiger partial charge in [0.25, 0.3) is 0 Å². The summed E-state index contributed by atoms with van der Waals surface area (Å²) in [4.78, 5) is 0. The highest BCUT2D eigenvalue weighted by Crippen LogP contribution is 2.24. The molecule has 0 saturated carbocycles. The first-order chi connectivity index (χ1) is 9.75. The van der Waals surface area contributed by atoms with Crippen molar-refractivity contribution in [2.45, 2.75) is 12.8 Å². The van der Waals surface area contributed by atoms with Gasteiger partial charge in [-0.15, -0.1) is 0 Å². The quantitative estimate of drug-likeness (QED) is 0.805. The van der Waals surface area contributed by atoms with E-state index >= 15 is 0 Å². The molecule has 0 radical (unpaired) electrons. The molecule has 2 aromatic carbocycles. The van der Waals surface area contributed by atoms with Crippen LogP contribution in [0.3, 0.4) is 0 Å². The summed E-state index contributed by atoms with van der Waals surface area (Å²) in [7, 11) is 5.02. The molecule has 20 heavy (non-hydrogen) atoms. The zero-order valence-corrected chi connectivity index (χ0v) is 12.2. The number of methoxy groups -OCH3 is 3. The zero-order valence-electron chi connectivity index (χ0n) is 12.2. The molecule has 0 N–H and O–H groups in total. The third-order valence-corrected chi connectivity index (χ3v) is 3.25. The van der Waals surface area contributed by atoms with Crippen LogP contribution in [0, 0.1) is 0 Å². The Balaban J connectivity index is 2.09. The molecular formula is C17H20O3. The van der Waals surface area contributed by atoms with Gasteiger partial charge in [-0.1, -0.05) is 12.1 Å². The normalized spacial score (nSPS) is 10.2. The van der Waals surface area contributed by atoms with Gasteiger partial charge in [-0.05, 0) is 48.2 Å². The van der Waals surface area contributed by atoms with Crippen molar-refractivity contribution in [3.05, 3.63) is 53.6 Å². The van der Waals surface area contributed by atoms with Crippen LogP contribution in [-0.2, 0) is 12.8 Å². The molecule has 0 spiro atoms. The van der Waals surface area contributed by atoms with Gasteiger partial charge in [0.15, 0.2) is 0 Å². The molecule has 0 saturated heterocycles. The fourth-order valence-corrected chi connectivity index (χ4v) is 2.13. The lowest BCUT2D eigenvalue weighted by molar-refractivity contribution is 0.393. The molecule has 2 aromatic rings. The summed E-state index contributed by atoms with van der Waals surface area (Å²) in [5, 5.41) is 0. The van der Waals surface area contributed by atoms with E-state index in [0.29, 0.717) is 0 Å². The second kappa shape index (κ2) is 6.85. The standard InChI is InChI=1S/C17H20O3/c1-18-15-6-4-5-13(9-15)7-8-14-10-16(19-2)12-17(11-14)20-3/h4-6,9-12H,7-8H2,1-3H3. The maximum atomic E-state index is 5.29. The second-order valence-corrected chi connectivity index (χ2v) is 4.57. The fraction of sp³-hybridized carbons (Fsp3) is 0.294. The summed E-state index contributed by atoms with van der Waals surface area (Å²) >= 11 is 0. The topological polar surface area (TPSA) is 27.7 Å². The van der Waals surface area contributed by atoms with Crippen LogP contribution >= 0.6 is 0 Å². The molecule has 0 aliphatic rings.